The van der Waals surface area contributed by atoms with E-state index in [0.29, 0.717) is 23.6 Å². The maximum Gasteiger partial charge on any atom is 0.326 e. The molecule has 2 heterocycles. The molecule has 7 nitrogen and oxygen atoms in total. The van der Waals surface area contributed by atoms with Crippen LogP contribution in [-0.4, -0.2) is 26.1 Å². The van der Waals surface area contributed by atoms with Crippen molar-refractivity contribution < 1.29 is 18.3 Å². The van der Waals surface area contributed by atoms with Gasteiger partial charge in [-0.25, -0.2) is 13.2 Å². The SMILES string of the molecule is Cc1ccc(S(=O)(=O)N2CCCc3ccccc32)cc1N1Cc2cc(C(C)(C)O)ccc2NC1=O. The highest BCUT2D eigenvalue weighted by molar-refractivity contribution is 7.92. The molecule has 0 saturated carbocycles. The minimum Gasteiger partial charge on any atom is -0.386 e. The first-order valence-corrected chi connectivity index (χ1v) is 13.2. The van der Waals surface area contributed by atoms with Crippen molar-refractivity contribution in [2.24, 2.45) is 0 Å². The Hall–Kier alpha value is -3.36. The number of hydrogen-bond donors (Lipinski definition) is 2. The molecule has 3 aromatic carbocycles. The van der Waals surface area contributed by atoms with Crippen molar-refractivity contribution in [3.8, 4) is 0 Å². The van der Waals surface area contributed by atoms with E-state index in [0.717, 1.165) is 35.1 Å². The Labute approximate surface area is 206 Å². The predicted molar refractivity (Wildman–Crippen MR) is 137 cm³/mol. The van der Waals surface area contributed by atoms with Gasteiger partial charge in [0.1, 0.15) is 0 Å². The van der Waals surface area contributed by atoms with Crippen LogP contribution >= 0.6 is 0 Å². The summed E-state index contributed by atoms with van der Waals surface area (Å²) in [7, 11) is -3.82. The smallest absolute Gasteiger partial charge is 0.326 e. The Balaban J connectivity index is 1.53. The third kappa shape index (κ3) is 4.17. The van der Waals surface area contributed by atoms with E-state index in [1.54, 1.807) is 49.1 Å². The quantitative estimate of drug-likeness (QED) is 0.542. The van der Waals surface area contributed by atoms with Crippen LogP contribution in [-0.2, 0) is 28.6 Å². The van der Waals surface area contributed by atoms with E-state index in [1.165, 1.54) is 4.31 Å². The lowest BCUT2D eigenvalue weighted by Crippen LogP contribution is -2.39. The molecule has 182 valence electrons. The molecule has 8 heteroatoms. The second-order valence-corrected chi connectivity index (χ2v) is 11.6. The third-order valence-corrected chi connectivity index (χ3v) is 8.56. The molecule has 0 radical (unpaired) electrons. The van der Waals surface area contributed by atoms with Gasteiger partial charge in [0.05, 0.1) is 28.4 Å². The molecule has 5 rings (SSSR count). The number of urea groups is 1. The number of aliphatic hydroxyl groups is 1. The lowest BCUT2D eigenvalue weighted by atomic mass is 9.95. The molecule has 2 aliphatic rings. The number of nitrogens with one attached hydrogen (secondary N) is 1. The van der Waals surface area contributed by atoms with Gasteiger partial charge in [0.2, 0.25) is 0 Å². The van der Waals surface area contributed by atoms with Gasteiger partial charge < -0.3 is 10.4 Å². The van der Waals surface area contributed by atoms with Crippen LogP contribution in [0.4, 0.5) is 21.9 Å². The molecule has 0 saturated heterocycles. The van der Waals surface area contributed by atoms with Crippen LogP contribution < -0.4 is 14.5 Å². The molecule has 35 heavy (non-hydrogen) atoms. The van der Waals surface area contributed by atoms with Crippen LogP contribution in [0.15, 0.2) is 65.6 Å². The van der Waals surface area contributed by atoms with Crippen LogP contribution in [0.1, 0.15) is 42.5 Å². The number of hydrogen-bond acceptors (Lipinski definition) is 4. The average molecular weight is 492 g/mol. The second kappa shape index (κ2) is 8.39. The molecule has 0 aromatic heterocycles. The van der Waals surface area contributed by atoms with Crippen LogP contribution in [0, 0.1) is 6.92 Å². The summed E-state index contributed by atoms with van der Waals surface area (Å²) in [6.07, 6.45) is 1.60. The van der Waals surface area contributed by atoms with Gasteiger partial charge in [-0.15, -0.1) is 0 Å². The number of anilines is 3. The summed E-state index contributed by atoms with van der Waals surface area (Å²) < 4.78 is 28.9. The Morgan fingerprint density at radius 2 is 1.74 bits per heavy atom. The van der Waals surface area contributed by atoms with E-state index in [2.05, 4.69) is 5.32 Å². The molecule has 0 unspecified atom stereocenters. The summed E-state index contributed by atoms with van der Waals surface area (Å²) in [5.41, 5.74) is 4.31. The molecule has 0 spiro atoms. The van der Waals surface area contributed by atoms with Crippen LogP contribution in [0.3, 0.4) is 0 Å². The zero-order valence-corrected chi connectivity index (χ0v) is 20.9. The molecular weight excluding hydrogens is 462 g/mol. The van der Waals surface area contributed by atoms with Crippen LogP contribution in [0.5, 0.6) is 0 Å². The normalized spacial score (nSPS) is 15.9. The van der Waals surface area contributed by atoms with Gasteiger partial charge in [0, 0.05) is 12.2 Å². The lowest BCUT2D eigenvalue weighted by molar-refractivity contribution is 0.0785. The minimum absolute atomic E-state index is 0.152. The highest BCUT2D eigenvalue weighted by Gasteiger charge is 2.32. The number of para-hydroxylation sites is 1. The Kier molecular flexibility index (Phi) is 5.61. The van der Waals surface area contributed by atoms with Gasteiger partial charge in [0.15, 0.2) is 0 Å². The number of benzene rings is 3. The number of nitrogens with zero attached hydrogens (tertiary/aromatic N) is 2. The number of fused-ring (bicyclic) bond motifs is 2. The number of carbonyl (C=O) groups is 1. The maximum absolute atomic E-state index is 13.7. The minimum atomic E-state index is -3.82. The van der Waals surface area contributed by atoms with Crippen molar-refractivity contribution in [2.45, 2.75) is 50.7 Å². The lowest BCUT2D eigenvalue weighted by Gasteiger charge is -2.33. The van der Waals surface area contributed by atoms with Gasteiger partial charge in [-0.3, -0.25) is 9.21 Å². The van der Waals surface area contributed by atoms with Crippen molar-refractivity contribution in [1.82, 2.24) is 0 Å². The van der Waals surface area contributed by atoms with Gasteiger partial charge >= 0.3 is 6.03 Å². The highest BCUT2D eigenvalue weighted by atomic mass is 32.2. The van der Waals surface area contributed by atoms with E-state index < -0.39 is 15.6 Å². The second-order valence-electron chi connectivity index (χ2n) is 9.70. The first kappa shape index (κ1) is 23.4. The third-order valence-electron chi connectivity index (χ3n) is 6.75. The molecular formula is C27H29N3O4S. The first-order valence-electron chi connectivity index (χ1n) is 11.7. The summed E-state index contributed by atoms with van der Waals surface area (Å²) in [4.78, 5) is 14.7. The summed E-state index contributed by atoms with van der Waals surface area (Å²) >= 11 is 0. The zero-order valence-electron chi connectivity index (χ0n) is 20.1. The first-order chi connectivity index (χ1) is 16.6. The zero-order chi connectivity index (χ0) is 25.0. The topological polar surface area (TPSA) is 90.0 Å². The summed E-state index contributed by atoms with van der Waals surface area (Å²) in [5, 5.41) is 13.3. The fraction of sp³-hybridized carbons (Fsp3) is 0.296. The van der Waals surface area contributed by atoms with Gasteiger partial charge in [-0.2, -0.15) is 0 Å². The van der Waals surface area contributed by atoms with Gasteiger partial charge in [-0.05, 0) is 86.2 Å². The predicted octanol–water partition coefficient (Wildman–Crippen LogP) is 4.92. The molecule has 0 atom stereocenters. The van der Waals surface area contributed by atoms with Crippen molar-refractivity contribution in [3.05, 3.63) is 82.9 Å². The summed E-state index contributed by atoms with van der Waals surface area (Å²) in [5.74, 6) is 0. The van der Waals surface area contributed by atoms with Crippen molar-refractivity contribution in [2.75, 3.05) is 21.1 Å². The molecule has 2 amide bonds. The molecule has 0 fully saturated rings. The highest BCUT2D eigenvalue weighted by Crippen LogP contribution is 2.36. The van der Waals surface area contributed by atoms with Crippen molar-refractivity contribution in [3.63, 3.8) is 0 Å². The number of rotatable bonds is 4. The van der Waals surface area contributed by atoms with E-state index >= 15 is 0 Å². The van der Waals surface area contributed by atoms with Crippen molar-refractivity contribution >= 4 is 33.1 Å². The van der Waals surface area contributed by atoms with E-state index in [9.17, 15) is 18.3 Å². The van der Waals surface area contributed by atoms with E-state index in [-0.39, 0.29) is 17.5 Å². The van der Waals surface area contributed by atoms with E-state index in [4.69, 9.17) is 0 Å². The monoisotopic (exact) mass is 491 g/mol. The number of sulfonamides is 1. The summed E-state index contributed by atoms with van der Waals surface area (Å²) in [6.45, 7) is 5.97. The Bertz CT molecular complexity index is 1430. The van der Waals surface area contributed by atoms with Crippen molar-refractivity contribution in [1.29, 1.82) is 0 Å². The molecule has 3 aromatic rings. The molecule has 2 N–H and O–H groups in total. The van der Waals surface area contributed by atoms with Gasteiger partial charge in [-0.1, -0.05) is 30.3 Å². The number of aryl methyl sites for hydroxylation is 2. The number of amides is 2. The van der Waals surface area contributed by atoms with Crippen LogP contribution in [0.2, 0.25) is 0 Å². The van der Waals surface area contributed by atoms with Crippen LogP contribution in [0.25, 0.3) is 0 Å². The Morgan fingerprint density at radius 3 is 2.51 bits per heavy atom. The molecule has 0 bridgehead atoms. The Morgan fingerprint density at radius 1 is 0.971 bits per heavy atom. The summed E-state index contributed by atoms with van der Waals surface area (Å²) in [6, 6.07) is 17.7. The largest absolute Gasteiger partial charge is 0.386 e. The maximum atomic E-state index is 13.7. The fourth-order valence-electron chi connectivity index (χ4n) is 4.76. The van der Waals surface area contributed by atoms with E-state index in [1.807, 2.05) is 37.3 Å². The number of carbonyl (C=O) groups excluding carboxylic acids is 1. The van der Waals surface area contributed by atoms with Gasteiger partial charge in [0.25, 0.3) is 10.0 Å². The standard InChI is InChI=1S/C27H29N3O4S/c1-18-10-12-22(35(33,34)30-14-6-8-19-7-4-5-9-24(19)30)16-25(18)29-17-20-15-21(27(2,3)32)11-13-23(20)28-26(29)31/h4-5,7,9-13,15-16,32H,6,8,14,17H2,1-3H3,(H,28,31). The molecule has 0 aliphatic carbocycles. The molecule has 2 aliphatic heterocycles. The average Bonchev–Trinajstić information content (AvgIpc) is 2.82. The fourth-order valence-corrected chi connectivity index (χ4v) is 6.32.